The van der Waals surface area contributed by atoms with E-state index >= 15 is 0 Å². The van der Waals surface area contributed by atoms with Gasteiger partial charge in [0, 0.05) is 18.9 Å². The molecule has 1 aromatic rings. The predicted molar refractivity (Wildman–Crippen MR) is 78.4 cm³/mol. The van der Waals surface area contributed by atoms with E-state index in [1.54, 1.807) is 38.1 Å². The topological polar surface area (TPSA) is 65.1 Å². The molecule has 0 saturated carbocycles. The summed E-state index contributed by atoms with van der Waals surface area (Å²) in [5, 5.41) is 1.70. The van der Waals surface area contributed by atoms with Crippen molar-refractivity contribution in [2.45, 2.75) is 26.2 Å². The Kier molecular flexibility index (Phi) is 4.73. The van der Waals surface area contributed by atoms with Crippen molar-refractivity contribution in [3.8, 4) is 0 Å². The molecule has 1 amide bonds. The van der Waals surface area contributed by atoms with Crippen LogP contribution in [0, 0.1) is 0 Å². The Labute approximate surface area is 133 Å². The number of carbonyl (C=O) groups excluding carboxylic acids is 2. The van der Waals surface area contributed by atoms with Gasteiger partial charge in [-0.2, -0.15) is 0 Å². The molecule has 0 N–H and O–H groups in total. The Balaban J connectivity index is 2.09. The lowest BCUT2D eigenvalue weighted by atomic mass is 10.2. The van der Waals surface area contributed by atoms with Crippen LogP contribution in [0.5, 0.6) is 0 Å². The fourth-order valence-electron chi connectivity index (χ4n) is 1.86. The smallest absolute Gasteiger partial charge is 0.377 e. The lowest BCUT2D eigenvalue weighted by Gasteiger charge is -2.18. The molecular formula is C15H16ClNO5. The average Bonchev–Trinajstić information content (AvgIpc) is 2.70. The first kappa shape index (κ1) is 16.3. The van der Waals surface area contributed by atoms with Crippen molar-refractivity contribution in [3.63, 3.8) is 0 Å². The summed E-state index contributed by atoms with van der Waals surface area (Å²) >= 11 is 5.81. The maximum absolute atomic E-state index is 12.2. The monoisotopic (exact) mass is 325 g/mol. The van der Waals surface area contributed by atoms with Crippen LogP contribution in [0.25, 0.3) is 0 Å². The molecule has 0 aliphatic carbocycles. The van der Waals surface area contributed by atoms with Crippen LogP contribution in [-0.4, -0.2) is 29.8 Å². The van der Waals surface area contributed by atoms with Crippen molar-refractivity contribution in [2.24, 2.45) is 0 Å². The third-order valence-corrected chi connectivity index (χ3v) is 3.11. The summed E-state index contributed by atoms with van der Waals surface area (Å²) in [6.45, 7) is 3.37. The minimum atomic E-state index is -1.07. The molecule has 0 aromatic heterocycles. The first-order valence-corrected chi connectivity index (χ1v) is 6.92. The van der Waals surface area contributed by atoms with Gasteiger partial charge in [0.15, 0.2) is 0 Å². The summed E-state index contributed by atoms with van der Waals surface area (Å²) in [5.74, 6) is -2.42. The zero-order chi connectivity index (χ0) is 16.3. The molecule has 6 nitrogen and oxygen atoms in total. The van der Waals surface area contributed by atoms with Crippen LogP contribution in [-0.2, 0) is 30.4 Å². The molecule has 1 aliphatic rings. The molecule has 0 bridgehead atoms. The molecule has 1 saturated heterocycles. The van der Waals surface area contributed by atoms with Gasteiger partial charge in [-0.1, -0.05) is 23.7 Å². The maximum atomic E-state index is 12.2. The largest absolute Gasteiger partial charge is 0.445 e. The van der Waals surface area contributed by atoms with Gasteiger partial charge in [0.05, 0.1) is 19.7 Å². The van der Waals surface area contributed by atoms with Gasteiger partial charge in [0.25, 0.3) is 5.91 Å². The van der Waals surface area contributed by atoms with E-state index in [4.69, 9.17) is 25.9 Å². The molecule has 0 radical (unpaired) electrons. The van der Waals surface area contributed by atoms with Crippen molar-refractivity contribution < 1.29 is 23.9 Å². The number of ether oxygens (including phenoxy) is 2. The molecule has 0 atom stereocenters. The van der Waals surface area contributed by atoms with E-state index < -0.39 is 17.7 Å². The third-order valence-electron chi connectivity index (χ3n) is 2.86. The number of hydroxylamine groups is 2. The Morgan fingerprint density at radius 2 is 1.95 bits per heavy atom. The van der Waals surface area contributed by atoms with E-state index in [-0.39, 0.29) is 12.3 Å². The number of carbonyl (C=O) groups is 2. The molecule has 0 spiro atoms. The highest BCUT2D eigenvalue weighted by atomic mass is 35.5. The van der Waals surface area contributed by atoms with Crippen LogP contribution in [0.2, 0.25) is 5.02 Å². The van der Waals surface area contributed by atoms with E-state index in [9.17, 15) is 9.59 Å². The van der Waals surface area contributed by atoms with Crippen LogP contribution >= 0.6 is 11.6 Å². The number of hydrogen-bond donors (Lipinski definition) is 0. The van der Waals surface area contributed by atoms with Crippen molar-refractivity contribution in [3.05, 3.63) is 46.7 Å². The number of esters is 1. The highest BCUT2D eigenvalue weighted by Gasteiger charge is 2.38. The number of nitrogens with zero attached hydrogens (tertiary/aromatic N) is 1. The average molecular weight is 326 g/mol. The van der Waals surface area contributed by atoms with Crippen LogP contribution in [0.1, 0.15) is 19.4 Å². The molecule has 7 heteroatoms. The molecule has 1 heterocycles. The molecular weight excluding hydrogens is 310 g/mol. The van der Waals surface area contributed by atoms with Gasteiger partial charge in [-0.25, -0.2) is 9.86 Å². The number of halogens is 1. The first-order valence-electron chi connectivity index (χ1n) is 6.55. The number of hydrogen-bond acceptors (Lipinski definition) is 5. The predicted octanol–water partition coefficient (Wildman–Crippen LogP) is 2.42. The van der Waals surface area contributed by atoms with Crippen LogP contribution in [0.15, 0.2) is 36.1 Å². The quantitative estimate of drug-likeness (QED) is 0.483. The first-order chi connectivity index (χ1) is 10.3. The standard InChI is InChI=1S/C15H16ClNO5/c1-15(2)21-12(14(19)22-15)8-13(18)17(20-3)9-10-4-6-11(16)7-5-10/h4-8H,9H2,1-3H3/b12-8+. The Morgan fingerprint density at radius 1 is 1.32 bits per heavy atom. The molecule has 2 rings (SSSR count). The molecule has 1 fully saturated rings. The number of amides is 1. The molecule has 1 aromatic carbocycles. The number of rotatable bonds is 4. The molecule has 118 valence electrons. The summed E-state index contributed by atoms with van der Waals surface area (Å²) in [4.78, 5) is 28.8. The second kappa shape index (κ2) is 6.37. The van der Waals surface area contributed by atoms with E-state index in [0.29, 0.717) is 5.02 Å². The normalized spacial score (nSPS) is 18.0. The van der Waals surface area contributed by atoms with Crippen molar-refractivity contribution in [1.82, 2.24) is 5.06 Å². The maximum Gasteiger partial charge on any atom is 0.377 e. The molecule has 22 heavy (non-hydrogen) atoms. The zero-order valence-corrected chi connectivity index (χ0v) is 13.2. The van der Waals surface area contributed by atoms with Gasteiger partial charge < -0.3 is 9.47 Å². The lowest BCUT2D eigenvalue weighted by Crippen LogP contribution is -2.28. The van der Waals surface area contributed by atoms with Crippen molar-refractivity contribution in [1.29, 1.82) is 0 Å². The van der Waals surface area contributed by atoms with Crippen molar-refractivity contribution >= 4 is 23.5 Å². The second-order valence-electron chi connectivity index (χ2n) is 5.08. The summed E-state index contributed by atoms with van der Waals surface area (Å²) < 4.78 is 10.2. The fourth-order valence-corrected chi connectivity index (χ4v) is 1.99. The van der Waals surface area contributed by atoms with Gasteiger partial charge in [0.2, 0.25) is 11.5 Å². The number of benzene rings is 1. The van der Waals surface area contributed by atoms with Gasteiger partial charge in [0.1, 0.15) is 0 Å². The van der Waals surface area contributed by atoms with Crippen LogP contribution < -0.4 is 0 Å². The Morgan fingerprint density at radius 3 is 2.45 bits per heavy atom. The highest BCUT2D eigenvalue weighted by Crippen LogP contribution is 2.26. The zero-order valence-electron chi connectivity index (χ0n) is 12.5. The SMILES string of the molecule is CON(Cc1ccc(Cl)cc1)C(=O)/C=C1/OC(C)(C)OC1=O. The summed E-state index contributed by atoms with van der Waals surface area (Å²) in [7, 11) is 1.37. The van der Waals surface area contributed by atoms with Crippen LogP contribution in [0.3, 0.4) is 0 Å². The highest BCUT2D eigenvalue weighted by molar-refractivity contribution is 6.30. The summed E-state index contributed by atoms with van der Waals surface area (Å²) in [6, 6.07) is 6.98. The van der Waals surface area contributed by atoms with Gasteiger partial charge in [-0.3, -0.25) is 9.63 Å². The van der Waals surface area contributed by atoms with E-state index in [1.165, 1.54) is 7.11 Å². The lowest BCUT2D eigenvalue weighted by molar-refractivity contribution is -0.173. The minimum Gasteiger partial charge on any atom is -0.445 e. The van der Waals surface area contributed by atoms with Crippen LogP contribution in [0.4, 0.5) is 0 Å². The second-order valence-corrected chi connectivity index (χ2v) is 5.52. The van der Waals surface area contributed by atoms with Gasteiger partial charge in [-0.15, -0.1) is 0 Å². The Hall–Kier alpha value is -2.05. The van der Waals surface area contributed by atoms with Crippen molar-refractivity contribution in [2.75, 3.05) is 7.11 Å². The third kappa shape index (κ3) is 3.99. The number of cyclic esters (lactones) is 1. The molecule has 1 aliphatic heterocycles. The van der Waals surface area contributed by atoms with Gasteiger partial charge in [-0.05, 0) is 17.7 Å². The van der Waals surface area contributed by atoms with E-state index in [2.05, 4.69) is 0 Å². The summed E-state index contributed by atoms with van der Waals surface area (Å²) in [5.41, 5.74) is 0.827. The Bertz CT molecular complexity index is 609. The van der Waals surface area contributed by atoms with E-state index in [1.807, 2.05) is 0 Å². The van der Waals surface area contributed by atoms with E-state index in [0.717, 1.165) is 16.7 Å². The summed E-state index contributed by atoms with van der Waals surface area (Å²) in [6.07, 6.45) is 1.05. The minimum absolute atomic E-state index is 0.145. The van der Waals surface area contributed by atoms with Gasteiger partial charge >= 0.3 is 5.97 Å². The fraction of sp³-hybridized carbons (Fsp3) is 0.333. The molecule has 0 unspecified atom stereocenters.